The number of hydrogen-bond acceptors (Lipinski definition) is 6. The Balaban J connectivity index is 1.68. The van der Waals surface area contributed by atoms with Crippen LogP contribution in [0, 0.1) is 0 Å². The minimum absolute atomic E-state index is 0.0217. The molecule has 0 saturated carbocycles. The van der Waals surface area contributed by atoms with Crippen molar-refractivity contribution in [2.24, 2.45) is 0 Å². The molecule has 0 aliphatic rings. The van der Waals surface area contributed by atoms with Crippen molar-refractivity contribution in [3.63, 3.8) is 0 Å². The van der Waals surface area contributed by atoms with E-state index < -0.39 is 35.5 Å². The molecule has 0 spiro atoms. The molecule has 36 heavy (non-hydrogen) atoms. The van der Waals surface area contributed by atoms with Gasteiger partial charge in [-0.15, -0.1) is 0 Å². The zero-order chi connectivity index (χ0) is 26.1. The molecule has 9 heteroatoms. The number of alkyl halides is 3. The average Bonchev–Trinajstić information content (AvgIpc) is 2.88. The summed E-state index contributed by atoms with van der Waals surface area (Å²) in [5.74, 6) is -2.53. The summed E-state index contributed by atoms with van der Waals surface area (Å²) in [6.07, 6.45) is -4.53. The van der Waals surface area contributed by atoms with Crippen LogP contribution in [0.1, 0.15) is 45.6 Å². The average molecular weight is 499 g/mol. The number of carbonyl (C=O) groups is 3. The molecule has 188 valence electrons. The van der Waals surface area contributed by atoms with Gasteiger partial charge in [-0.25, -0.2) is 9.59 Å². The van der Waals surface area contributed by atoms with E-state index in [1.165, 1.54) is 6.92 Å². The van der Waals surface area contributed by atoms with Crippen LogP contribution in [0.2, 0.25) is 0 Å². The summed E-state index contributed by atoms with van der Waals surface area (Å²) in [5.41, 5.74) is 1.16. The molecular formula is C27H24F3NO5. The van der Waals surface area contributed by atoms with Gasteiger partial charge in [-0.1, -0.05) is 54.6 Å². The molecule has 0 bridgehead atoms. The molecule has 6 nitrogen and oxygen atoms in total. The van der Waals surface area contributed by atoms with Crippen molar-refractivity contribution in [2.75, 3.05) is 6.61 Å². The normalized spacial score (nSPS) is 12.0. The van der Waals surface area contributed by atoms with Gasteiger partial charge < -0.3 is 9.47 Å². The highest BCUT2D eigenvalue weighted by Gasteiger charge is 2.32. The second-order valence-corrected chi connectivity index (χ2v) is 7.78. The highest BCUT2D eigenvalue weighted by molar-refractivity contribution is 6.35. The molecule has 0 radical (unpaired) electrons. The first-order valence-electron chi connectivity index (χ1n) is 11.1. The molecule has 3 rings (SSSR count). The van der Waals surface area contributed by atoms with Crippen molar-refractivity contribution in [1.82, 2.24) is 5.32 Å². The van der Waals surface area contributed by atoms with E-state index in [2.05, 4.69) is 5.32 Å². The molecule has 0 heterocycles. The van der Waals surface area contributed by atoms with E-state index in [-0.39, 0.29) is 25.3 Å². The molecule has 0 fully saturated rings. The minimum Gasteiger partial charge on any atom is -0.460 e. The number of nitrogens with one attached hydrogen (secondary N) is 1. The lowest BCUT2D eigenvalue weighted by Crippen LogP contribution is -2.34. The SMILES string of the molecule is CCOC(=O)C(=O)C(NCc1ccc(C(=O)OCc2ccccc2)cc1)c1ccc(C(F)(F)F)cc1. The van der Waals surface area contributed by atoms with E-state index in [4.69, 9.17) is 9.47 Å². The lowest BCUT2D eigenvalue weighted by molar-refractivity contribution is -0.154. The van der Waals surface area contributed by atoms with Crippen molar-refractivity contribution in [2.45, 2.75) is 32.3 Å². The highest BCUT2D eigenvalue weighted by Crippen LogP contribution is 2.30. The first kappa shape index (κ1) is 26.6. The van der Waals surface area contributed by atoms with E-state index in [1.807, 2.05) is 30.3 Å². The second-order valence-electron chi connectivity index (χ2n) is 7.78. The van der Waals surface area contributed by atoms with Gasteiger partial charge in [0.2, 0.25) is 0 Å². The summed E-state index contributed by atoms with van der Waals surface area (Å²) in [5, 5.41) is 2.90. The second kappa shape index (κ2) is 12.1. The zero-order valence-electron chi connectivity index (χ0n) is 19.4. The monoisotopic (exact) mass is 499 g/mol. The number of Topliss-reactive ketones (excluding diaryl/α,β-unsaturated/α-hetero) is 1. The summed E-state index contributed by atoms with van der Waals surface area (Å²) in [4.78, 5) is 37.0. The number of ether oxygens (including phenoxy) is 2. The van der Waals surface area contributed by atoms with Crippen LogP contribution in [0.25, 0.3) is 0 Å². The number of carbonyl (C=O) groups excluding carboxylic acids is 3. The number of benzene rings is 3. The Morgan fingerprint density at radius 3 is 2.06 bits per heavy atom. The Morgan fingerprint density at radius 2 is 1.47 bits per heavy atom. The predicted molar refractivity (Wildman–Crippen MR) is 125 cm³/mol. The van der Waals surface area contributed by atoms with E-state index in [0.29, 0.717) is 11.1 Å². The van der Waals surface area contributed by atoms with Crippen molar-refractivity contribution >= 4 is 17.7 Å². The number of halogens is 3. The van der Waals surface area contributed by atoms with Gasteiger partial charge in [0.05, 0.1) is 17.7 Å². The molecule has 1 N–H and O–H groups in total. The molecule has 0 aliphatic heterocycles. The number of hydrogen-bond donors (Lipinski definition) is 1. The minimum atomic E-state index is -4.53. The van der Waals surface area contributed by atoms with Crippen molar-refractivity contribution in [1.29, 1.82) is 0 Å². The van der Waals surface area contributed by atoms with Gasteiger partial charge in [0.15, 0.2) is 0 Å². The highest BCUT2D eigenvalue weighted by atomic mass is 19.4. The number of rotatable bonds is 10. The van der Waals surface area contributed by atoms with Crippen LogP contribution in [-0.2, 0) is 38.4 Å². The van der Waals surface area contributed by atoms with Crippen LogP contribution in [0.5, 0.6) is 0 Å². The largest absolute Gasteiger partial charge is 0.460 e. The van der Waals surface area contributed by atoms with E-state index in [9.17, 15) is 27.6 Å². The topological polar surface area (TPSA) is 81.7 Å². The van der Waals surface area contributed by atoms with Gasteiger partial charge in [-0.2, -0.15) is 13.2 Å². The number of ketones is 1. The maximum absolute atomic E-state index is 12.9. The Bertz CT molecular complexity index is 1180. The Kier molecular flexibility index (Phi) is 8.97. The molecule has 3 aromatic carbocycles. The summed E-state index contributed by atoms with van der Waals surface area (Å²) in [6.45, 7) is 1.74. The maximum atomic E-state index is 12.9. The molecule has 3 aromatic rings. The standard InChI is InChI=1S/C27H24F3NO5/c1-2-35-26(34)24(32)23(20-12-14-22(15-13-20)27(28,29)30)31-16-18-8-10-21(11-9-18)25(33)36-17-19-6-4-3-5-7-19/h3-15,23,31H,2,16-17H2,1H3. The summed E-state index contributed by atoms with van der Waals surface area (Å²) in [7, 11) is 0. The predicted octanol–water partition coefficient (Wildman–Crippen LogP) is 5.03. The van der Waals surface area contributed by atoms with Gasteiger partial charge in [0, 0.05) is 6.54 Å². The number of esters is 2. The van der Waals surface area contributed by atoms with Crippen LogP contribution in [0.15, 0.2) is 78.9 Å². The lowest BCUT2D eigenvalue weighted by Gasteiger charge is -2.18. The summed E-state index contributed by atoms with van der Waals surface area (Å²) in [6, 6.07) is 18.4. The van der Waals surface area contributed by atoms with E-state index in [0.717, 1.165) is 29.8 Å². The fourth-order valence-corrected chi connectivity index (χ4v) is 3.33. The molecular weight excluding hydrogens is 475 g/mol. The Labute approximate surface area is 206 Å². The summed E-state index contributed by atoms with van der Waals surface area (Å²) < 4.78 is 48.8. The van der Waals surface area contributed by atoms with Crippen LogP contribution < -0.4 is 5.32 Å². The van der Waals surface area contributed by atoms with Crippen LogP contribution in [0.3, 0.4) is 0 Å². The maximum Gasteiger partial charge on any atom is 0.416 e. The first-order chi connectivity index (χ1) is 17.2. The molecule has 0 aromatic heterocycles. The molecule has 1 atom stereocenters. The smallest absolute Gasteiger partial charge is 0.416 e. The Hall–Kier alpha value is -3.98. The lowest BCUT2D eigenvalue weighted by atomic mass is 10.00. The van der Waals surface area contributed by atoms with Crippen molar-refractivity contribution < 1.29 is 37.0 Å². The van der Waals surface area contributed by atoms with Crippen molar-refractivity contribution in [3.05, 3.63) is 107 Å². The summed E-state index contributed by atoms with van der Waals surface area (Å²) >= 11 is 0. The quantitative estimate of drug-likeness (QED) is 0.312. The zero-order valence-corrected chi connectivity index (χ0v) is 19.4. The Morgan fingerprint density at radius 1 is 0.833 bits per heavy atom. The third-order valence-electron chi connectivity index (χ3n) is 5.22. The fourth-order valence-electron chi connectivity index (χ4n) is 3.33. The van der Waals surface area contributed by atoms with Gasteiger partial charge in [-0.3, -0.25) is 10.1 Å². The van der Waals surface area contributed by atoms with Gasteiger partial charge in [0.1, 0.15) is 12.6 Å². The van der Waals surface area contributed by atoms with Crippen molar-refractivity contribution in [3.8, 4) is 0 Å². The van der Waals surface area contributed by atoms with E-state index >= 15 is 0 Å². The van der Waals surface area contributed by atoms with Crippen LogP contribution in [-0.4, -0.2) is 24.3 Å². The van der Waals surface area contributed by atoms with Gasteiger partial charge in [0.25, 0.3) is 5.78 Å². The van der Waals surface area contributed by atoms with E-state index in [1.54, 1.807) is 24.3 Å². The first-order valence-corrected chi connectivity index (χ1v) is 11.1. The third kappa shape index (κ3) is 7.26. The molecule has 0 amide bonds. The molecule has 0 aliphatic carbocycles. The molecule has 0 saturated heterocycles. The van der Waals surface area contributed by atoms with Crippen LogP contribution in [0.4, 0.5) is 13.2 Å². The molecule has 1 unspecified atom stereocenters. The van der Waals surface area contributed by atoms with Crippen LogP contribution >= 0.6 is 0 Å². The van der Waals surface area contributed by atoms with Gasteiger partial charge in [-0.05, 0) is 47.9 Å². The van der Waals surface area contributed by atoms with Gasteiger partial charge >= 0.3 is 18.1 Å². The fraction of sp³-hybridized carbons (Fsp3) is 0.222. The third-order valence-corrected chi connectivity index (χ3v) is 5.22.